The molecule has 0 atom stereocenters. The molecule has 0 aliphatic heterocycles. The molecule has 0 radical (unpaired) electrons. The summed E-state index contributed by atoms with van der Waals surface area (Å²) in [5, 5.41) is 8.69. The number of nitrogens with one attached hydrogen (secondary N) is 1. The van der Waals surface area contributed by atoms with Crippen LogP contribution in [0, 0.1) is 12.7 Å². The number of phenolic OH excluding ortho intramolecular Hbond substituents is 1. The maximum atomic E-state index is 13.4. The van der Waals surface area contributed by atoms with Crippen LogP contribution in [0.15, 0.2) is 41.6 Å². The van der Waals surface area contributed by atoms with Crippen molar-refractivity contribution in [2.75, 3.05) is 4.72 Å². The third-order valence-electron chi connectivity index (χ3n) is 2.43. The number of aromatic hydroxyl groups is 1. The molecule has 0 saturated carbocycles. The average Bonchev–Trinajstić information content (AvgIpc) is 2.34. The highest BCUT2D eigenvalue weighted by Gasteiger charge is 2.20. The van der Waals surface area contributed by atoms with Gasteiger partial charge in [-0.3, -0.25) is 4.72 Å². The van der Waals surface area contributed by atoms with Gasteiger partial charge >= 0.3 is 0 Å². The summed E-state index contributed by atoms with van der Waals surface area (Å²) in [5.41, 5.74) is 0.724. The summed E-state index contributed by atoms with van der Waals surface area (Å²) in [4.78, 5) is 3.51. The van der Waals surface area contributed by atoms with Crippen LogP contribution in [0.3, 0.4) is 0 Å². The Balaban J connectivity index is 2.37. The van der Waals surface area contributed by atoms with Crippen molar-refractivity contribution in [2.24, 2.45) is 0 Å². The quantitative estimate of drug-likeness (QED) is 0.844. The lowest BCUT2D eigenvalue weighted by Crippen LogP contribution is -2.16. The van der Waals surface area contributed by atoms with Gasteiger partial charge in [-0.1, -0.05) is 0 Å². The fraction of sp³-hybridized carbons (Fsp3) is 0.0833. The van der Waals surface area contributed by atoms with E-state index in [9.17, 15) is 17.9 Å². The molecule has 0 bridgehead atoms. The van der Waals surface area contributed by atoms with Gasteiger partial charge in [-0.15, -0.1) is 0 Å². The van der Waals surface area contributed by atoms with E-state index in [1.807, 2.05) is 0 Å². The number of pyridine rings is 1. The highest BCUT2D eigenvalue weighted by Crippen LogP contribution is 2.22. The zero-order chi connectivity index (χ0) is 14.0. The first kappa shape index (κ1) is 13.3. The van der Waals surface area contributed by atoms with Crippen molar-refractivity contribution in [2.45, 2.75) is 11.9 Å². The van der Waals surface area contributed by atoms with Crippen LogP contribution in [-0.2, 0) is 10.0 Å². The Morgan fingerprint density at radius 3 is 2.68 bits per heavy atom. The van der Waals surface area contributed by atoms with Gasteiger partial charge in [0, 0.05) is 11.9 Å². The Kier molecular flexibility index (Phi) is 3.39. The molecule has 5 nitrogen and oxygen atoms in total. The van der Waals surface area contributed by atoms with Crippen LogP contribution < -0.4 is 4.72 Å². The Bertz CT molecular complexity index is 717. The van der Waals surface area contributed by atoms with Gasteiger partial charge in [0.25, 0.3) is 10.0 Å². The molecule has 2 rings (SSSR count). The van der Waals surface area contributed by atoms with Gasteiger partial charge in [0.1, 0.15) is 5.75 Å². The molecule has 1 aromatic carbocycles. The Labute approximate surface area is 109 Å². The molecule has 0 unspecified atom stereocenters. The van der Waals surface area contributed by atoms with Crippen LogP contribution in [0.4, 0.5) is 10.1 Å². The average molecular weight is 282 g/mol. The van der Waals surface area contributed by atoms with Gasteiger partial charge in [-0.2, -0.15) is 8.42 Å². The highest BCUT2D eigenvalue weighted by atomic mass is 32.2. The molecular weight excluding hydrogens is 271 g/mol. The second-order valence-corrected chi connectivity index (χ2v) is 5.49. The summed E-state index contributed by atoms with van der Waals surface area (Å²) in [5.74, 6) is -0.877. The van der Waals surface area contributed by atoms with Crippen molar-refractivity contribution >= 4 is 15.7 Å². The maximum Gasteiger partial charge on any atom is 0.282 e. The van der Waals surface area contributed by atoms with E-state index in [-0.39, 0.29) is 11.4 Å². The van der Waals surface area contributed by atoms with Gasteiger partial charge < -0.3 is 5.11 Å². The second kappa shape index (κ2) is 4.85. The third kappa shape index (κ3) is 2.82. The van der Waals surface area contributed by atoms with Crippen LogP contribution in [0.5, 0.6) is 5.75 Å². The SMILES string of the molecule is Cc1cc(NS(=O)(=O)c2ncccc2F)ccc1O. The summed E-state index contributed by atoms with van der Waals surface area (Å²) in [7, 11) is -4.09. The third-order valence-corrected chi connectivity index (χ3v) is 3.74. The Hall–Kier alpha value is -2.15. The number of benzene rings is 1. The van der Waals surface area contributed by atoms with Gasteiger partial charge in [0.05, 0.1) is 0 Å². The first-order chi connectivity index (χ1) is 8.90. The van der Waals surface area contributed by atoms with Gasteiger partial charge in [0.2, 0.25) is 5.03 Å². The molecule has 0 fully saturated rings. The lowest BCUT2D eigenvalue weighted by Gasteiger charge is -2.09. The lowest BCUT2D eigenvalue weighted by atomic mass is 10.2. The van der Waals surface area contributed by atoms with Crippen LogP contribution in [0.2, 0.25) is 0 Å². The van der Waals surface area contributed by atoms with E-state index in [0.29, 0.717) is 5.56 Å². The van der Waals surface area contributed by atoms with E-state index < -0.39 is 20.9 Å². The van der Waals surface area contributed by atoms with E-state index in [1.54, 1.807) is 6.92 Å². The minimum Gasteiger partial charge on any atom is -0.508 e. The first-order valence-electron chi connectivity index (χ1n) is 5.33. The van der Waals surface area contributed by atoms with Gasteiger partial charge in [-0.25, -0.2) is 9.37 Å². The molecule has 0 saturated heterocycles. The predicted molar refractivity (Wildman–Crippen MR) is 67.8 cm³/mol. The number of anilines is 1. The zero-order valence-electron chi connectivity index (χ0n) is 9.96. The van der Waals surface area contributed by atoms with Gasteiger partial charge in [-0.05, 0) is 42.8 Å². The van der Waals surface area contributed by atoms with Crippen molar-refractivity contribution in [1.29, 1.82) is 0 Å². The number of phenols is 1. The van der Waals surface area contributed by atoms with E-state index in [0.717, 1.165) is 6.07 Å². The number of aryl methyl sites for hydroxylation is 1. The van der Waals surface area contributed by atoms with Crippen LogP contribution in [-0.4, -0.2) is 18.5 Å². The molecule has 7 heteroatoms. The predicted octanol–water partition coefficient (Wildman–Crippen LogP) is 2.04. The topological polar surface area (TPSA) is 79.3 Å². The van der Waals surface area contributed by atoms with Crippen LogP contribution >= 0.6 is 0 Å². The molecule has 0 aliphatic carbocycles. The Morgan fingerprint density at radius 2 is 2.05 bits per heavy atom. The number of sulfonamides is 1. The molecule has 0 amide bonds. The summed E-state index contributed by atoms with van der Waals surface area (Å²) in [6, 6.07) is 6.49. The monoisotopic (exact) mass is 282 g/mol. The molecule has 1 heterocycles. The first-order valence-corrected chi connectivity index (χ1v) is 6.81. The molecule has 1 aromatic heterocycles. The van der Waals surface area contributed by atoms with E-state index in [2.05, 4.69) is 9.71 Å². The normalized spacial score (nSPS) is 11.3. The molecular formula is C12H11FN2O3S. The number of nitrogens with zero attached hydrogens (tertiary/aromatic N) is 1. The molecule has 0 aliphatic rings. The van der Waals surface area contributed by atoms with Crippen molar-refractivity contribution in [3.63, 3.8) is 0 Å². The fourth-order valence-corrected chi connectivity index (χ4v) is 2.55. The minimum absolute atomic E-state index is 0.0481. The van der Waals surface area contributed by atoms with Crippen molar-refractivity contribution in [3.05, 3.63) is 47.9 Å². The van der Waals surface area contributed by atoms with Crippen molar-refractivity contribution in [3.8, 4) is 5.75 Å². The van der Waals surface area contributed by atoms with Crippen molar-refractivity contribution < 1.29 is 17.9 Å². The van der Waals surface area contributed by atoms with Crippen LogP contribution in [0.25, 0.3) is 0 Å². The molecule has 2 N–H and O–H groups in total. The maximum absolute atomic E-state index is 13.4. The lowest BCUT2D eigenvalue weighted by molar-refractivity contribution is 0.471. The van der Waals surface area contributed by atoms with Crippen molar-refractivity contribution in [1.82, 2.24) is 4.98 Å². The smallest absolute Gasteiger partial charge is 0.282 e. The summed E-state index contributed by atoms with van der Waals surface area (Å²) < 4.78 is 39.5. The summed E-state index contributed by atoms with van der Waals surface area (Å²) >= 11 is 0. The standard InChI is InChI=1S/C12H11FN2O3S/c1-8-7-9(4-5-11(8)16)15-19(17,18)12-10(13)3-2-6-14-12/h2-7,15-16H,1H3. The van der Waals surface area contributed by atoms with Gasteiger partial charge in [0.15, 0.2) is 5.82 Å². The number of aromatic nitrogens is 1. The van der Waals surface area contributed by atoms with Crippen LogP contribution in [0.1, 0.15) is 5.56 Å². The van der Waals surface area contributed by atoms with E-state index >= 15 is 0 Å². The zero-order valence-corrected chi connectivity index (χ0v) is 10.8. The van der Waals surface area contributed by atoms with E-state index in [4.69, 9.17) is 0 Å². The number of halogens is 1. The fourth-order valence-electron chi connectivity index (χ4n) is 1.49. The molecule has 2 aromatic rings. The molecule has 0 spiro atoms. The largest absolute Gasteiger partial charge is 0.508 e. The molecule has 100 valence electrons. The Morgan fingerprint density at radius 1 is 1.32 bits per heavy atom. The number of rotatable bonds is 3. The number of hydrogen-bond acceptors (Lipinski definition) is 4. The summed E-state index contributed by atoms with van der Waals surface area (Å²) in [6.45, 7) is 1.62. The second-order valence-electron chi connectivity index (χ2n) is 3.90. The summed E-state index contributed by atoms with van der Waals surface area (Å²) in [6.07, 6.45) is 1.19. The highest BCUT2D eigenvalue weighted by molar-refractivity contribution is 7.92. The van der Waals surface area contributed by atoms with E-state index in [1.165, 1.54) is 30.5 Å². The molecule has 19 heavy (non-hydrogen) atoms. The number of hydrogen-bond donors (Lipinski definition) is 2. The minimum atomic E-state index is -4.09.